The Morgan fingerprint density at radius 3 is 3.27 bits per heavy atom. The molecule has 1 aliphatic heterocycles. The molecule has 3 aliphatic rings. The lowest BCUT2D eigenvalue weighted by molar-refractivity contribution is 0.0148. The van der Waals surface area contributed by atoms with Crippen molar-refractivity contribution in [3.8, 4) is 0 Å². The minimum absolute atomic E-state index is 0.225. The predicted octanol–water partition coefficient (Wildman–Crippen LogP) is 1.95. The lowest BCUT2D eigenvalue weighted by Crippen LogP contribution is -2.17. The fourth-order valence-electron chi connectivity index (χ4n) is 3.04. The zero-order valence-corrected chi connectivity index (χ0v) is 6.84. The molecule has 2 saturated carbocycles. The van der Waals surface area contributed by atoms with Crippen LogP contribution in [-0.4, -0.2) is 11.3 Å². The van der Waals surface area contributed by atoms with Crippen molar-refractivity contribution in [2.45, 2.75) is 38.2 Å². The van der Waals surface area contributed by atoms with Gasteiger partial charge in [0.15, 0.2) is 0 Å². The molecule has 0 aromatic carbocycles. The molecule has 3 atom stereocenters. The summed E-state index contributed by atoms with van der Waals surface area (Å²) in [6.07, 6.45) is 5.37. The quantitative estimate of drug-likeness (QED) is 0.518. The molecule has 1 spiro atoms. The molecule has 0 aromatic rings. The first kappa shape index (κ1) is 6.04. The zero-order chi connectivity index (χ0) is 7.47. The van der Waals surface area contributed by atoms with Crippen LogP contribution < -0.4 is 0 Å². The second kappa shape index (κ2) is 1.62. The van der Waals surface area contributed by atoms with E-state index in [1.807, 2.05) is 0 Å². The van der Waals surface area contributed by atoms with Crippen molar-refractivity contribution >= 4 is 5.71 Å². The van der Waals surface area contributed by atoms with Crippen molar-refractivity contribution < 1.29 is 4.84 Å². The van der Waals surface area contributed by atoms with Crippen molar-refractivity contribution in [2.24, 2.45) is 17.0 Å². The zero-order valence-electron chi connectivity index (χ0n) is 6.84. The molecule has 60 valence electrons. The minimum Gasteiger partial charge on any atom is -0.388 e. The van der Waals surface area contributed by atoms with Gasteiger partial charge in [0, 0.05) is 11.8 Å². The van der Waals surface area contributed by atoms with Crippen LogP contribution in [0.1, 0.15) is 32.6 Å². The third-order valence-electron chi connectivity index (χ3n) is 3.59. The van der Waals surface area contributed by atoms with E-state index >= 15 is 0 Å². The highest BCUT2D eigenvalue weighted by Gasteiger charge is 2.72. The monoisotopic (exact) mass is 151 g/mol. The first-order valence-corrected chi connectivity index (χ1v) is 4.57. The Morgan fingerprint density at radius 1 is 1.55 bits per heavy atom. The van der Waals surface area contributed by atoms with Gasteiger partial charge in [-0.15, -0.1) is 0 Å². The second-order valence-electron chi connectivity index (χ2n) is 4.11. The van der Waals surface area contributed by atoms with Crippen molar-refractivity contribution in [1.82, 2.24) is 0 Å². The van der Waals surface area contributed by atoms with Crippen LogP contribution in [0, 0.1) is 11.8 Å². The molecule has 0 saturated heterocycles. The van der Waals surface area contributed by atoms with Gasteiger partial charge >= 0.3 is 0 Å². The van der Waals surface area contributed by atoms with Gasteiger partial charge in [0.2, 0.25) is 0 Å². The molecule has 2 nitrogen and oxygen atoms in total. The van der Waals surface area contributed by atoms with Crippen LogP contribution in [0.4, 0.5) is 0 Å². The highest BCUT2D eigenvalue weighted by atomic mass is 16.7. The summed E-state index contributed by atoms with van der Waals surface area (Å²) >= 11 is 0. The summed E-state index contributed by atoms with van der Waals surface area (Å²) in [5, 5.41) is 4.06. The highest BCUT2D eigenvalue weighted by Crippen LogP contribution is 2.64. The molecule has 11 heavy (non-hydrogen) atoms. The lowest BCUT2D eigenvalue weighted by atomic mass is 9.98. The average molecular weight is 151 g/mol. The molecule has 2 fully saturated rings. The Hall–Kier alpha value is -0.530. The minimum atomic E-state index is 0.225. The fraction of sp³-hybridized carbons (Fsp3) is 0.889. The third-order valence-corrected chi connectivity index (χ3v) is 3.59. The maximum atomic E-state index is 5.52. The van der Waals surface area contributed by atoms with Crippen LogP contribution in [0.3, 0.4) is 0 Å². The molecule has 0 radical (unpaired) electrons. The Balaban J connectivity index is 1.92. The van der Waals surface area contributed by atoms with E-state index < -0.39 is 0 Å². The largest absolute Gasteiger partial charge is 0.388 e. The summed E-state index contributed by atoms with van der Waals surface area (Å²) in [6.45, 7) is 2.11. The molecule has 2 aliphatic carbocycles. The summed E-state index contributed by atoms with van der Waals surface area (Å²) in [5.41, 5.74) is 1.47. The van der Waals surface area contributed by atoms with E-state index in [1.54, 1.807) is 0 Å². The van der Waals surface area contributed by atoms with E-state index in [4.69, 9.17) is 4.84 Å². The SMILES string of the molecule is CC1=NOC23CCCCC2C13. The van der Waals surface area contributed by atoms with Gasteiger partial charge in [0.05, 0.1) is 5.71 Å². The summed E-state index contributed by atoms with van der Waals surface area (Å²) in [6, 6.07) is 0. The van der Waals surface area contributed by atoms with Crippen LogP contribution in [0.5, 0.6) is 0 Å². The van der Waals surface area contributed by atoms with Gasteiger partial charge in [-0.3, -0.25) is 0 Å². The van der Waals surface area contributed by atoms with E-state index in [0.29, 0.717) is 5.92 Å². The van der Waals surface area contributed by atoms with Crippen LogP contribution in [0.2, 0.25) is 0 Å². The molecule has 2 heteroatoms. The first-order chi connectivity index (χ1) is 5.34. The van der Waals surface area contributed by atoms with E-state index in [1.165, 1.54) is 31.4 Å². The standard InChI is InChI=1S/C9H13NO/c1-6-8-7-4-2-3-5-9(7,8)11-10-6/h7-8H,2-5H2,1H3. The van der Waals surface area contributed by atoms with E-state index in [9.17, 15) is 0 Å². The Bertz CT molecular complexity index is 236. The number of hydrogen-bond donors (Lipinski definition) is 0. The summed E-state index contributed by atoms with van der Waals surface area (Å²) in [4.78, 5) is 5.52. The Labute approximate surface area is 66.6 Å². The molecule has 0 amide bonds. The molecule has 3 rings (SSSR count). The Kier molecular flexibility index (Phi) is 0.890. The van der Waals surface area contributed by atoms with Gasteiger partial charge in [-0.05, 0) is 26.2 Å². The van der Waals surface area contributed by atoms with Gasteiger partial charge < -0.3 is 4.84 Å². The lowest BCUT2D eigenvalue weighted by Gasteiger charge is -2.17. The smallest absolute Gasteiger partial charge is 0.149 e. The van der Waals surface area contributed by atoms with Crippen LogP contribution in [0.25, 0.3) is 0 Å². The highest BCUT2D eigenvalue weighted by molar-refractivity contribution is 5.90. The van der Waals surface area contributed by atoms with Gasteiger partial charge in [-0.2, -0.15) is 0 Å². The number of rotatable bonds is 0. The van der Waals surface area contributed by atoms with Crippen LogP contribution >= 0.6 is 0 Å². The number of oxime groups is 1. The molecule has 1 heterocycles. The molecule has 0 N–H and O–H groups in total. The van der Waals surface area contributed by atoms with Crippen molar-refractivity contribution in [3.05, 3.63) is 0 Å². The van der Waals surface area contributed by atoms with Crippen molar-refractivity contribution in [2.75, 3.05) is 0 Å². The normalized spacial score (nSPS) is 52.3. The molecular weight excluding hydrogens is 138 g/mol. The maximum absolute atomic E-state index is 5.52. The van der Waals surface area contributed by atoms with E-state index in [0.717, 1.165) is 5.92 Å². The topological polar surface area (TPSA) is 21.6 Å². The van der Waals surface area contributed by atoms with Crippen LogP contribution in [-0.2, 0) is 4.84 Å². The average Bonchev–Trinajstić information content (AvgIpc) is 2.60. The third kappa shape index (κ3) is 0.534. The van der Waals surface area contributed by atoms with Gasteiger partial charge in [0.1, 0.15) is 5.60 Å². The van der Waals surface area contributed by atoms with Gasteiger partial charge in [0.25, 0.3) is 0 Å². The summed E-state index contributed by atoms with van der Waals surface area (Å²) in [7, 11) is 0. The van der Waals surface area contributed by atoms with E-state index in [-0.39, 0.29) is 5.60 Å². The maximum Gasteiger partial charge on any atom is 0.149 e. The molecular formula is C9H13NO. The number of fused-ring (bicyclic) bond motifs is 1. The number of hydrogen-bond acceptors (Lipinski definition) is 2. The second-order valence-corrected chi connectivity index (χ2v) is 4.11. The van der Waals surface area contributed by atoms with Gasteiger partial charge in [-0.25, -0.2) is 0 Å². The predicted molar refractivity (Wildman–Crippen MR) is 42.4 cm³/mol. The van der Waals surface area contributed by atoms with Gasteiger partial charge in [-0.1, -0.05) is 11.6 Å². The Morgan fingerprint density at radius 2 is 2.45 bits per heavy atom. The van der Waals surface area contributed by atoms with Crippen LogP contribution in [0.15, 0.2) is 5.16 Å². The molecule has 0 bridgehead atoms. The summed E-state index contributed by atoms with van der Waals surface area (Å²) < 4.78 is 0. The first-order valence-electron chi connectivity index (χ1n) is 4.57. The number of nitrogens with zero attached hydrogens (tertiary/aromatic N) is 1. The van der Waals surface area contributed by atoms with Crippen molar-refractivity contribution in [1.29, 1.82) is 0 Å². The van der Waals surface area contributed by atoms with E-state index in [2.05, 4.69) is 12.1 Å². The molecule has 0 aromatic heterocycles. The van der Waals surface area contributed by atoms with Crippen molar-refractivity contribution in [3.63, 3.8) is 0 Å². The fourth-order valence-corrected chi connectivity index (χ4v) is 3.04. The summed E-state index contributed by atoms with van der Waals surface area (Å²) in [5.74, 6) is 1.55. The molecule has 3 unspecified atom stereocenters.